The van der Waals surface area contributed by atoms with Gasteiger partial charge in [0.25, 0.3) is 5.91 Å². The number of nitrogens with zero attached hydrogens (tertiary/aromatic N) is 1. The molecule has 2 aromatic carbocycles. The molecule has 0 aromatic heterocycles. The van der Waals surface area contributed by atoms with Crippen LogP contribution in [0.25, 0.3) is 0 Å². The Morgan fingerprint density at radius 2 is 1.74 bits per heavy atom. The monoisotopic (exact) mass is 448 g/mol. The van der Waals surface area contributed by atoms with E-state index in [4.69, 9.17) is 4.74 Å². The smallest absolute Gasteiger partial charge is 0.341 e. The fraction of sp³-hybridized carbons (Fsp3) is 0.364. The summed E-state index contributed by atoms with van der Waals surface area (Å²) in [7, 11) is -3.69. The van der Waals surface area contributed by atoms with Crippen LogP contribution >= 0.6 is 0 Å². The van der Waals surface area contributed by atoms with E-state index in [1.54, 1.807) is 19.1 Å². The summed E-state index contributed by atoms with van der Waals surface area (Å²) in [5, 5.41) is 2.53. The Morgan fingerprint density at radius 1 is 1.06 bits per heavy atom. The minimum atomic E-state index is -3.69. The molecule has 0 bridgehead atoms. The molecule has 1 amide bonds. The first-order valence-electron chi connectivity index (χ1n) is 10.1. The molecule has 0 aliphatic carbocycles. The number of hydrogen-bond donors (Lipinski definition) is 1. The van der Waals surface area contributed by atoms with E-state index >= 15 is 0 Å². The molecule has 1 fully saturated rings. The maximum atomic E-state index is 13.6. The van der Waals surface area contributed by atoms with Crippen molar-refractivity contribution in [1.29, 1.82) is 0 Å². The van der Waals surface area contributed by atoms with Crippen molar-refractivity contribution in [3.05, 3.63) is 59.4 Å². The average molecular weight is 449 g/mol. The molecule has 0 saturated carbocycles. The molecule has 0 spiro atoms. The summed E-state index contributed by atoms with van der Waals surface area (Å²) in [5.74, 6) is -2.36. The second kappa shape index (κ2) is 10.0. The van der Waals surface area contributed by atoms with Gasteiger partial charge in [-0.25, -0.2) is 17.6 Å². The number of benzene rings is 2. The number of esters is 1. The van der Waals surface area contributed by atoms with Crippen LogP contribution in [0.15, 0.2) is 47.4 Å². The van der Waals surface area contributed by atoms with Gasteiger partial charge in [0.1, 0.15) is 5.82 Å². The summed E-state index contributed by atoms with van der Waals surface area (Å²) in [4.78, 5) is 24.2. The van der Waals surface area contributed by atoms with E-state index in [2.05, 4.69) is 5.32 Å². The SMILES string of the molecule is Cc1ccc(NC(=O)COC(=O)c2ccccc2F)cc1S(=O)(=O)N1CCCCCC1. The van der Waals surface area contributed by atoms with Gasteiger partial charge in [-0.05, 0) is 49.6 Å². The molecule has 1 aliphatic heterocycles. The van der Waals surface area contributed by atoms with Gasteiger partial charge in [-0.3, -0.25) is 4.79 Å². The molecule has 7 nitrogen and oxygen atoms in total. The quantitative estimate of drug-likeness (QED) is 0.683. The van der Waals surface area contributed by atoms with Gasteiger partial charge in [-0.2, -0.15) is 4.31 Å². The summed E-state index contributed by atoms with van der Waals surface area (Å²) in [5.41, 5.74) is 0.579. The zero-order valence-electron chi connectivity index (χ0n) is 17.3. The number of carbonyl (C=O) groups excluding carboxylic acids is 2. The second-order valence-corrected chi connectivity index (χ2v) is 9.31. The van der Waals surface area contributed by atoms with E-state index in [0.29, 0.717) is 18.7 Å². The number of anilines is 1. The average Bonchev–Trinajstić information content (AvgIpc) is 3.04. The van der Waals surface area contributed by atoms with Crippen LogP contribution in [0.5, 0.6) is 0 Å². The van der Waals surface area contributed by atoms with Crippen molar-refractivity contribution in [3.8, 4) is 0 Å². The molecule has 1 aliphatic rings. The largest absolute Gasteiger partial charge is 0.452 e. The van der Waals surface area contributed by atoms with Gasteiger partial charge >= 0.3 is 5.97 Å². The predicted molar refractivity (Wildman–Crippen MR) is 114 cm³/mol. The Morgan fingerprint density at radius 3 is 2.42 bits per heavy atom. The number of carbonyl (C=O) groups is 2. The normalized spacial score (nSPS) is 15.2. The molecular formula is C22H25FN2O5S. The van der Waals surface area contributed by atoms with Crippen LogP contribution in [-0.2, 0) is 19.6 Å². The standard InChI is InChI=1S/C22H25FN2O5S/c1-16-10-11-17(14-20(16)31(28,29)25-12-6-2-3-7-13-25)24-21(26)15-30-22(27)18-8-4-5-9-19(18)23/h4-5,8-11,14H,2-3,6-7,12-13,15H2,1H3,(H,24,26). The van der Waals surface area contributed by atoms with Crippen LogP contribution in [0.3, 0.4) is 0 Å². The number of nitrogens with one attached hydrogen (secondary N) is 1. The highest BCUT2D eigenvalue weighted by atomic mass is 32.2. The summed E-state index contributed by atoms with van der Waals surface area (Å²) in [6.45, 7) is 2.02. The lowest BCUT2D eigenvalue weighted by atomic mass is 10.2. The van der Waals surface area contributed by atoms with E-state index in [9.17, 15) is 22.4 Å². The summed E-state index contributed by atoms with van der Waals surface area (Å²) in [6, 6.07) is 9.90. The lowest BCUT2D eigenvalue weighted by Gasteiger charge is -2.21. The number of ether oxygens (including phenoxy) is 1. The second-order valence-electron chi connectivity index (χ2n) is 7.40. The van der Waals surface area contributed by atoms with Crippen molar-refractivity contribution in [3.63, 3.8) is 0 Å². The maximum absolute atomic E-state index is 13.6. The zero-order chi connectivity index (χ0) is 22.4. The molecule has 1 heterocycles. The molecule has 0 atom stereocenters. The third-order valence-electron chi connectivity index (χ3n) is 5.08. The van der Waals surface area contributed by atoms with Gasteiger partial charge in [0.15, 0.2) is 6.61 Å². The van der Waals surface area contributed by atoms with Gasteiger partial charge in [0.05, 0.1) is 10.5 Å². The van der Waals surface area contributed by atoms with Crippen molar-refractivity contribution in [2.45, 2.75) is 37.5 Å². The Balaban J connectivity index is 1.67. The van der Waals surface area contributed by atoms with Crippen LogP contribution in [0.1, 0.15) is 41.6 Å². The number of amides is 1. The van der Waals surface area contributed by atoms with Crippen molar-refractivity contribution in [2.24, 2.45) is 0 Å². The Labute approximate surface area is 181 Å². The number of aryl methyl sites for hydroxylation is 1. The molecule has 31 heavy (non-hydrogen) atoms. The number of hydrogen-bond acceptors (Lipinski definition) is 5. The van der Waals surface area contributed by atoms with E-state index in [-0.39, 0.29) is 16.1 Å². The van der Waals surface area contributed by atoms with Crippen molar-refractivity contribution in [2.75, 3.05) is 25.0 Å². The number of sulfonamides is 1. The first-order chi connectivity index (χ1) is 14.8. The van der Waals surface area contributed by atoms with E-state index in [0.717, 1.165) is 31.7 Å². The summed E-state index contributed by atoms with van der Waals surface area (Å²) >= 11 is 0. The maximum Gasteiger partial charge on any atom is 0.341 e. The van der Waals surface area contributed by atoms with Gasteiger partial charge in [-0.1, -0.05) is 31.0 Å². The van der Waals surface area contributed by atoms with E-state index in [1.165, 1.54) is 28.6 Å². The van der Waals surface area contributed by atoms with Crippen LogP contribution in [0.2, 0.25) is 0 Å². The van der Waals surface area contributed by atoms with E-state index < -0.39 is 34.3 Å². The van der Waals surface area contributed by atoms with Crippen molar-refractivity contribution >= 4 is 27.6 Å². The van der Waals surface area contributed by atoms with Gasteiger partial charge in [-0.15, -0.1) is 0 Å². The summed E-state index contributed by atoms with van der Waals surface area (Å²) in [6.07, 6.45) is 3.66. The molecule has 9 heteroatoms. The molecule has 0 unspecified atom stereocenters. The molecule has 1 N–H and O–H groups in total. The number of rotatable bonds is 6. The first-order valence-corrected chi connectivity index (χ1v) is 11.6. The zero-order valence-corrected chi connectivity index (χ0v) is 18.1. The molecular weight excluding hydrogens is 423 g/mol. The Kier molecular flexibility index (Phi) is 7.40. The van der Waals surface area contributed by atoms with Gasteiger partial charge < -0.3 is 10.1 Å². The lowest BCUT2D eigenvalue weighted by molar-refractivity contribution is -0.119. The van der Waals surface area contributed by atoms with E-state index in [1.807, 2.05) is 0 Å². The molecule has 1 saturated heterocycles. The fourth-order valence-corrected chi connectivity index (χ4v) is 5.18. The number of halogens is 1. The van der Waals surface area contributed by atoms with Gasteiger partial charge in [0.2, 0.25) is 10.0 Å². The van der Waals surface area contributed by atoms with Crippen molar-refractivity contribution < 1.29 is 27.1 Å². The minimum absolute atomic E-state index is 0.135. The van der Waals surface area contributed by atoms with Crippen LogP contribution in [0, 0.1) is 12.7 Å². The highest BCUT2D eigenvalue weighted by Gasteiger charge is 2.27. The first kappa shape index (κ1) is 22.9. The predicted octanol–water partition coefficient (Wildman–Crippen LogP) is 3.49. The third kappa shape index (κ3) is 5.68. The highest BCUT2D eigenvalue weighted by molar-refractivity contribution is 7.89. The highest BCUT2D eigenvalue weighted by Crippen LogP contribution is 2.25. The van der Waals surface area contributed by atoms with Crippen molar-refractivity contribution in [1.82, 2.24) is 4.31 Å². The van der Waals surface area contributed by atoms with Crippen LogP contribution < -0.4 is 5.32 Å². The molecule has 3 rings (SSSR count). The minimum Gasteiger partial charge on any atom is -0.452 e. The Bertz CT molecular complexity index is 1060. The molecule has 2 aromatic rings. The van der Waals surface area contributed by atoms with Crippen LogP contribution in [0.4, 0.5) is 10.1 Å². The Hall–Kier alpha value is -2.78. The topological polar surface area (TPSA) is 92.8 Å². The molecule has 0 radical (unpaired) electrons. The van der Waals surface area contributed by atoms with Gasteiger partial charge in [0, 0.05) is 18.8 Å². The third-order valence-corrected chi connectivity index (χ3v) is 7.12. The summed E-state index contributed by atoms with van der Waals surface area (Å²) < 4.78 is 46.2. The molecule has 166 valence electrons. The fourth-order valence-electron chi connectivity index (χ4n) is 3.41. The lowest BCUT2D eigenvalue weighted by Crippen LogP contribution is -2.32. The van der Waals surface area contributed by atoms with Crippen LogP contribution in [-0.4, -0.2) is 44.3 Å².